The molecular formula is C24H22ClN3O5S. The lowest BCUT2D eigenvalue weighted by Crippen LogP contribution is -2.28. The molecule has 1 saturated heterocycles. The molecule has 176 valence electrons. The van der Waals surface area contributed by atoms with Crippen LogP contribution in [0.15, 0.2) is 77.7 Å². The average Bonchev–Trinajstić information content (AvgIpc) is 3.22. The van der Waals surface area contributed by atoms with Gasteiger partial charge < -0.3 is 15.0 Å². The normalized spacial score (nSPS) is 15.8. The van der Waals surface area contributed by atoms with Crippen LogP contribution in [0.5, 0.6) is 5.75 Å². The van der Waals surface area contributed by atoms with Crippen LogP contribution in [-0.2, 0) is 19.6 Å². The first kappa shape index (κ1) is 23.6. The van der Waals surface area contributed by atoms with Gasteiger partial charge in [-0.25, -0.2) is 8.42 Å². The summed E-state index contributed by atoms with van der Waals surface area (Å²) in [6.45, 7) is 0.255. The van der Waals surface area contributed by atoms with Crippen LogP contribution in [0.1, 0.15) is 6.42 Å². The summed E-state index contributed by atoms with van der Waals surface area (Å²) in [4.78, 5) is 26.7. The van der Waals surface area contributed by atoms with Gasteiger partial charge >= 0.3 is 0 Å². The predicted octanol–water partition coefficient (Wildman–Crippen LogP) is 4.14. The van der Waals surface area contributed by atoms with Crippen molar-refractivity contribution in [3.05, 3.63) is 77.8 Å². The zero-order valence-corrected chi connectivity index (χ0v) is 19.8. The highest BCUT2D eigenvalue weighted by molar-refractivity contribution is 7.92. The summed E-state index contributed by atoms with van der Waals surface area (Å²) in [7, 11) is -2.28. The molecule has 1 unspecified atom stereocenters. The highest BCUT2D eigenvalue weighted by Gasteiger charge is 2.35. The fraction of sp³-hybridized carbons (Fsp3) is 0.167. The van der Waals surface area contributed by atoms with Gasteiger partial charge in [-0.3, -0.25) is 14.3 Å². The number of nitrogens with one attached hydrogen (secondary N) is 2. The standard InChI is InChI=1S/C24H22ClN3O5S/c1-33-21-10-4-19(5-11-21)27-34(31,32)22-12-6-18(7-13-22)26-24(30)16-14-23(29)28(15-16)20-8-2-17(25)3-9-20/h2-13,16,27H,14-15H2,1H3,(H,26,30). The van der Waals surface area contributed by atoms with Gasteiger partial charge in [0.1, 0.15) is 5.75 Å². The van der Waals surface area contributed by atoms with Gasteiger partial charge in [0.25, 0.3) is 10.0 Å². The van der Waals surface area contributed by atoms with E-state index in [4.69, 9.17) is 16.3 Å². The van der Waals surface area contributed by atoms with Gasteiger partial charge in [-0.2, -0.15) is 0 Å². The Kier molecular flexibility index (Phi) is 6.76. The SMILES string of the molecule is COc1ccc(NS(=O)(=O)c2ccc(NC(=O)C3CC(=O)N(c4ccc(Cl)cc4)C3)cc2)cc1. The zero-order valence-electron chi connectivity index (χ0n) is 18.2. The largest absolute Gasteiger partial charge is 0.497 e. The maximum Gasteiger partial charge on any atom is 0.261 e. The molecule has 0 bridgehead atoms. The van der Waals surface area contributed by atoms with Crippen molar-refractivity contribution in [1.82, 2.24) is 0 Å². The Labute approximate surface area is 202 Å². The first-order valence-corrected chi connectivity index (χ1v) is 12.2. The highest BCUT2D eigenvalue weighted by atomic mass is 35.5. The van der Waals surface area contributed by atoms with Crippen LogP contribution < -0.4 is 19.7 Å². The molecule has 0 aliphatic carbocycles. The van der Waals surface area contributed by atoms with Crippen LogP contribution in [0.3, 0.4) is 0 Å². The van der Waals surface area contributed by atoms with E-state index in [9.17, 15) is 18.0 Å². The minimum atomic E-state index is -3.81. The van der Waals surface area contributed by atoms with E-state index in [1.165, 1.54) is 31.4 Å². The summed E-state index contributed by atoms with van der Waals surface area (Å²) in [6.07, 6.45) is 0.0900. The van der Waals surface area contributed by atoms with Crippen LogP contribution in [0.4, 0.5) is 17.1 Å². The first-order valence-electron chi connectivity index (χ1n) is 10.4. The molecule has 1 aliphatic heterocycles. The summed E-state index contributed by atoms with van der Waals surface area (Å²) in [6, 6.07) is 19.2. The molecule has 1 fully saturated rings. The molecule has 1 atom stereocenters. The van der Waals surface area contributed by atoms with Gasteiger partial charge in [0.15, 0.2) is 0 Å². The summed E-state index contributed by atoms with van der Waals surface area (Å²) in [5, 5.41) is 3.32. The first-order chi connectivity index (χ1) is 16.2. The van der Waals surface area contributed by atoms with E-state index < -0.39 is 15.9 Å². The maximum atomic E-state index is 12.7. The average molecular weight is 500 g/mol. The molecule has 0 radical (unpaired) electrons. The number of sulfonamides is 1. The number of anilines is 3. The monoisotopic (exact) mass is 499 g/mol. The number of amides is 2. The Morgan fingerprint density at radius 2 is 1.59 bits per heavy atom. The Morgan fingerprint density at radius 3 is 2.21 bits per heavy atom. The molecular weight excluding hydrogens is 478 g/mol. The molecule has 1 aliphatic rings. The molecule has 34 heavy (non-hydrogen) atoms. The van der Waals surface area contributed by atoms with Crippen molar-refractivity contribution in [1.29, 1.82) is 0 Å². The fourth-order valence-corrected chi connectivity index (χ4v) is 4.77. The van der Waals surface area contributed by atoms with Crippen LogP contribution in [-0.4, -0.2) is 33.9 Å². The molecule has 10 heteroatoms. The number of ether oxygens (including phenoxy) is 1. The van der Waals surface area contributed by atoms with E-state index in [0.717, 1.165) is 0 Å². The number of methoxy groups -OCH3 is 1. The number of rotatable bonds is 7. The number of hydrogen-bond acceptors (Lipinski definition) is 5. The van der Waals surface area contributed by atoms with Crippen molar-refractivity contribution in [2.24, 2.45) is 5.92 Å². The van der Waals surface area contributed by atoms with Gasteiger partial charge in [0.05, 0.1) is 17.9 Å². The number of nitrogens with zero attached hydrogens (tertiary/aromatic N) is 1. The lowest BCUT2D eigenvalue weighted by atomic mass is 10.1. The minimum absolute atomic E-state index is 0.0475. The van der Waals surface area contributed by atoms with E-state index in [1.54, 1.807) is 53.4 Å². The quantitative estimate of drug-likeness (QED) is 0.508. The second-order valence-electron chi connectivity index (χ2n) is 7.73. The summed E-state index contributed by atoms with van der Waals surface area (Å²) >= 11 is 5.90. The number of carbonyl (C=O) groups excluding carboxylic acids is 2. The lowest BCUT2D eigenvalue weighted by molar-refractivity contribution is -0.122. The van der Waals surface area contributed by atoms with Crippen molar-refractivity contribution < 1.29 is 22.7 Å². The Morgan fingerprint density at radius 1 is 0.971 bits per heavy atom. The molecule has 0 aromatic heterocycles. The molecule has 0 saturated carbocycles. The molecule has 4 rings (SSSR count). The molecule has 3 aromatic carbocycles. The van der Waals surface area contributed by atoms with Gasteiger partial charge in [-0.15, -0.1) is 0 Å². The molecule has 0 spiro atoms. The van der Waals surface area contributed by atoms with E-state index >= 15 is 0 Å². The highest BCUT2D eigenvalue weighted by Crippen LogP contribution is 2.27. The molecule has 2 amide bonds. The Hall–Kier alpha value is -3.56. The van der Waals surface area contributed by atoms with Crippen LogP contribution in [0.2, 0.25) is 5.02 Å². The molecule has 2 N–H and O–H groups in total. The second kappa shape index (κ2) is 9.74. The van der Waals surface area contributed by atoms with Crippen molar-refractivity contribution in [2.75, 3.05) is 28.6 Å². The minimum Gasteiger partial charge on any atom is -0.497 e. The summed E-state index contributed by atoms with van der Waals surface area (Å²) in [5.74, 6) is -0.364. The third kappa shape index (κ3) is 5.32. The van der Waals surface area contributed by atoms with Crippen LogP contribution in [0, 0.1) is 5.92 Å². The molecule has 3 aromatic rings. The van der Waals surface area contributed by atoms with E-state index in [1.807, 2.05) is 0 Å². The molecule has 8 nitrogen and oxygen atoms in total. The fourth-order valence-electron chi connectivity index (χ4n) is 3.59. The van der Waals surface area contributed by atoms with Gasteiger partial charge in [0.2, 0.25) is 11.8 Å². The topological polar surface area (TPSA) is 105 Å². The summed E-state index contributed by atoms with van der Waals surface area (Å²) in [5.41, 5.74) is 1.52. The van der Waals surface area contributed by atoms with Crippen molar-refractivity contribution in [3.8, 4) is 5.75 Å². The number of benzene rings is 3. The van der Waals surface area contributed by atoms with Gasteiger partial charge in [0, 0.05) is 35.1 Å². The molecule has 1 heterocycles. The third-order valence-electron chi connectivity index (χ3n) is 5.41. The number of hydrogen-bond donors (Lipinski definition) is 2. The second-order valence-corrected chi connectivity index (χ2v) is 9.85. The van der Waals surface area contributed by atoms with Crippen molar-refractivity contribution in [2.45, 2.75) is 11.3 Å². The predicted molar refractivity (Wildman–Crippen MR) is 131 cm³/mol. The van der Waals surface area contributed by atoms with E-state index in [0.29, 0.717) is 27.8 Å². The van der Waals surface area contributed by atoms with Gasteiger partial charge in [-0.1, -0.05) is 11.6 Å². The van der Waals surface area contributed by atoms with Crippen molar-refractivity contribution >= 4 is 50.5 Å². The Bertz CT molecular complexity index is 1290. The summed E-state index contributed by atoms with van der Waals surface area (Å²) < 4.78 is 32.9. The maximum absolute atomic E-state index is 12.7. The van der Waals surface area contributed by atoms with E-state index in [-0.39, 0.29) is 29.7 Å². The van der Waals surface area contributed by atoms with Crippen LogP contribution in [0.25, 0.3) is 0 Å². The lowest BCUT2D eigenvalue weighted by Gasteiger charge is -2.17. The Balaban J connectivity index is 1.38. The van der Waals surface area contributed by atoms with E-state index in [2.05, 4.69) is 10.0 Å². The number of halogens is 1. The number of carbonyl (C=O) groups is 2. The third-order valence-corrected chi connectivity index (χ3v) is 7.06. The smallest absolute Gasteiger partial charge is 0.261 e. The van der Waals surface area contributed by atoms with Gasteiger partial charge in [-0.05, 0) is 72.8 Å². The van der Waals surface area contributed by atoms with Crippen molar-refractivity contribution in [3.63, 3.8) is 0 Å². The zero-order chi connectivity index (χ0) is 24.3. The van der Waals surface area contributed by atoms with Crippen LogP contribution >= 0.6 is 11.6 Å².